The monoisotopic (exact) mass is 152 g/mol. The molecule has 2 N–H and O–H groups in total. The molecule has 0 heterocycles. The molecule has 3 nitrogen and oxygen atoms in total. The maximum atomic E-state index is 10.9. The zero-order valence-electron chi connectivity index (χ0n) is 5.74. The van der Waals surface area contributed by atoms with Crippen molar-refractivity contribution in [3.63, 3.8) is 0 Å². The number of rotatable bonds is 3. The predicted molar refractivity (Wildman–Crippen MR) is 37.4 cm³/mol. The van der Waals surface area contributed by atoms with Gasteiger partial charge in [-0.3, -0.25) is 0 Å². The van der Waals surface area contributed by atoms with E-state index in [1.165, 1.54) is 0 Å². The van der Waals surface area contributed by atoms with Crippen molar-refractivity contribution in [1.82, 2.24) is 0 Å². The van der Waals surface area contributed by atoms with Gasteiger partial charge >= 0.3 is 0 Å². The van der Waals surface area contributed by atoms with Gasteiger partial charge in [-0.2, -0.15) is 0 Å². The van der Waals surface area contributed by atoms with Crippen LogP contribution in [-0.2, 0) is 4.57 Å². The summed E-state index contributed by atoms with van der Waals surface area (Å²) in [5.41, 5.74) is 0. The van der Waals surface area contributed by atoms with Gasteiger partial charge in [0.15, 0.2) is 0 Å². The average Bonchev–Trinajstić information content (AvgIpc) is 1.62. The van der Waals surface area contributed by atoms with Crippen LogP contribution in [-0.4, -0.2) is 42.4 Å². The summed E-state index contributed by atoms with van der Waals surface area (Å²) in [5.74, 6) is 0. The lowest BCUT2D eigenvalue weighted by Gasteiger charge is -2.09. The molecule has 0 saturated heterocycles. The fraction of sp³-hybridized carbons (Fsp3) is 1.00. The van der Waals surface area contributed by atoms with Crippen LogP contribution in [0.4, 0.5) is 0 Å². The topological polar surface area (TPSA) is 57.5 Å². The first-order valence-corrected chi connectivity index (χ1v) is 5.57. The summed E-state index contributed by atoms with van der Waals surface area (Å²) in [6, 6.07) is 0. The van der Waals surface area contributed by atoms with Crippen molar-refractivity contribution in [3.05, 3.63) is 0 Å². The minimum atomic E-state index is -2.15. The first kappa shape index (κ1) is 9.15. The maximum absolute atomic E-state index is 10.9. The minimum absolute atomic E-state index is 0.212. The Kier molecular flexibility index (Phi) is 3.41. The Bertz CT molecular complexity index is 117. The van der Waals surface area contributed by atoms with Gasteiger partial charge in [0.25, 0.3) is 0 Å². The third-order valence-electron chi connectivity index (χ3n) is 0.861. The van der Waals surface area contributed by atoms with Gasteiger partial charge in [0.05, 0.1) is 19.9 Å². The maximum Gasteiger partial charge on any atom is 0.0845 e. The van der Waals surface area contributed by atoms with E-state index in [0.717, 1.165) is 0 Å². The molecule has 0 rings (SSSR count). The first-order valence-electron chi connectivity index (χ1n) is 2.78. The number of hydrogen-bond acceptors (Lipinski definition) is 3. The van der Waals surface area contributed by atoms with Crippen LogP contribution in [0.25, 0.3) is 0 Å². The van der Waals surface area contributed by atoms with Crippen molar-refractivity contribution in [2.45, 2.75) is 6.10 Å². The van der Waals surface area contributed by atoms with E-state index in [1.54, 1.807) is 13.3 Å². The predicted octanol–water partition coefficient (Wildman–Crippen LogP) is -0.0377. The van der Waals surface area contributed by atoms with Crippen molar-refractivity contribution in [1.29, 1.82) is 0 Å². The standard InChI is InChI=1S/C5H13O3P/c1-9(2,8)4-5(7)3-6/h5-7H,3-4H2,1-2H3. The molecule has 0 aliphatic heterocycles. The van der Waals surface area contributed by atoms with Crippen molar-refractivity contribution in [3.8, 4) is 0 Å². The molecule has 4 heteroatoms. The second kappa shape index (κ2) is 3.35. The molecular weight excluding hydrogens is 139 g/mol. The largest absolute Gasteiger partial charge is 0.394 e. The molecule has 0 saturated carbocycles. The Morgan fingerprint density at radius 2 is 2.00 bits per heavy atom. The number of hydrogen-bond donors (Lipinski definition) is 2. The Balaban J connectivity index is 3.60. The Labute approximate surface area is 55.1 Å². The Hall–Kier alpha value is 0.150. The van der Waals surface area contributed by atoms with Gasteiger partial charge in [0, 0.05) is 6.16 Å². The van der Waals surface area contributed by atoms with Crippen LogP contribution >= 0.6 is 7.14 Å². The molecule has 0 aromatic heterocycles. The van der Waals surface area contributed by atoms with Gasteiger partial charge in [-0.05, 0) is 13.3 Å². The van der Waals surface area contributed by atoms with E-state index in [2.05, 4.69) is 0 Å². The Morgan fingerprint density at radius 3 is 2.11 bits per heavy atom. The second-order valence-electron chi connectivity index (χ2n) is 2.59. The minimum Gasteiger partial charge on any atom is -0.394 e. The molecule has 0 radical (unpaired) electrons. The number of aliphatic hydroxyl groups is 2. The third-order valence-corrected chi connectivity index (χ3v) is 2.16. The van der Waals surface area contributed by atoms with E-state index in [-0.39, 0.29) is 12.8 Å². The van der Waals surface area contributed by atoms with Crippen molar-refractivity contribution < 1.29 is 14.8 Å². The summed E-state index contributed by atoms with van der Waals surface area (Å²) in [4.78, 5) is 0. The summed E-state index contributed by atoms with van der Waals surface area (Å²) < 4.78 is 10.9. The Morgan fingerprint density at radius 1 is 1.56 bits per heavy atom. The zero-order valence-corrected chi connectivity index (χ0v) is 6.64. The molecule has 0 aromatic rings. The van der Waals surface area contributed by atoms with E-state index < -0.39 is 13.2 Å². The number of aliphatic hydroxyl groups excluding tert-OH is 2. The smallest absolute Gasteiger partial charge is 0.0845 e. The molecule has 1 atom stereocenters. The highest BCUT2D eigenvalue weighted by molar-refractivity contribution is 7.62. The summed E-state index contributed by atoms with van der Waals surface area (Å²) in [6.07, 6.45) is -0.602. The third kappa shape index (κ3) is 6.03. The highest BCUT2D eigenvalue weighted by Crippen LogP contribution is 2.36. The highest BCUT2D eigenvalue weighted by Gasteiger charge is 2.12. The van der Waals surface area contributed by atoms with Crippen LogP contribution in [0.1, 0.15) is 0 Å². The van der Waals surface area contributed by atoms with Gasteiger partial charge in [0.2, 0.25) is 0 Å². The van der Waals surface area contributed by atoms with Crippen LogP contribution < -0.4 is 0 Å². The molecule has 56 valence electrons. The lowest BCUT2D eigenvalue weighted by atomic mass is 10.4. The fourth-order valence-corrected chi connectivity index (χ4v) is 1.70. The van der Waals surface area contributed by atoms with E-state index in [1.807, 2.05) is 0 Å². The van der Waals surface area contributed by atoms with Crippen LogP contribution in [0.3, 0.4) is 0 Å². The van der Waals surface area contributed by atoms with Gasteiger partial charge in [-0.25, -0.2) is 0 Å². The normalized spacial score (nSPS) is 15.6. The summed E-state index contributed by atoms with van der Waals surface area (Å²) in [5, 5.41) is 17.1. The average molecular weight is 152 g/mol. The molecule has 1 unspecified atom stereocenters. The quantitative estimate of drug-likeness (QED) is 0.558. The molecule has 9 heavy (non-hydrogen) atoms. The SMILES string of the molecule is CP(C)(=O)CC(O)CO. The van der Waals surface area contributed by atoms with E-state index in [0.29, 0.717) is 0 Å². The van der Waals surface area contributed by atoms with Crippen LogP contribution in [0, 0.1) is 0 Å². The van der Waals surface area contributed by atoms with Crippen LogP contribution in [0.15, 0.2) is 0 Å². The van der Waals surface area contributed by atoms with Crippen molar-refractivity contribution in [2.75, 3.05) is 26.1 Å². The molecule has 0 bridgehead atoms. The lowest BCUT2D eigenvalue weighted by molar-refractivity contribution is 0.112. The fourth-order valence-electron chi connectivity index (χ4n) is 0.565. The summed E-state index contributed by atoms with van der Waals surface area (Å²) in [6.45, 7) is 2.88. The molecule has 0 aliphatic rings. The first-order chi connectivity index (χ1) is 3.95. The van der Waals surface area contributed by atoms with Gasteiger partial charge in [-0.1, -0.05) is 0 Å². The van der Waals surface area contributed by atoms with Crippen LogP contribution in [0.5, 0.6) is 0 Å². The van der Waals surface area contributed by atoms with Crippen LogP contribution in [0.2, 0.25) is 0 Å². The van der Waals surface area contributed by atoms with E-state index >= 15 is 0 Å². The molecule has 0 aliphatic carbocycles. The highest BCUT2D eigenvalue weighted by atomic mass is 31.2. The molecule has 0 fully saturated rings. The molecular formula is C5H13O3P. The van der Waals surface area contributed by atoms with E-state index in [4.69, 9.17) is 10.2 Å². The summed E-state index contributed by atoms with van der Waals surface area (Å²) >= 11 is 0. The van der Waals surface area contributed by atoms with Gasteiger partial charge in [-0.15, -0.1) is 0 Å². The molecule has 0 amide bonds. The summed E-state index contributed by atoms with van der Waals surface area (Å²) in [7, 11) is -2.15. The van der Waals surface area contributed by atoms with Crippen molar-refractivity contribution in [2.24, 2.45) is 0 Å². The van der Waals surface area contributed by atoms with Gasteiger partial charge < -0.3 is 14.8 Å². The second-order valence-corrected chi connectivity index (χ2v) is 6.11. The lowest BCUT2D eigenvalue weighted by Crippen LogP contribution is -2.16. The molecule has 0 spiro atoms. The zero-order chi connectivity index (χ0) is 7.49. The van der Waals surface area contributed by atoms with E-state index in [9.17, 15) is 4.57 Å². The molecule has 0 aromatic carbocycles. The van der Waals surface area contributed by atoms with Gasteiger partial charge in [0.1, 0.15) is 0 Å². The van der Waals surface area contributed by atoms with Crippen molar-refractivity contribution >= 4 is 7.14 Å².